The molecule has 0 radical (unpaired) electrons. The van der Waals surface area contributed by atoms with Gasteiger partial charge in [0.25, 0.3) is 5.91 Å². The van der Waals surface area contributed by atoms with Gasteiger partial charge in [0.1, 0.15) is 4.90 Å². The van der Waals surface area contributed by atoms with E-state index in [4.69, 9.17) is 16.3 Å². The quantitative estimate of drug-likeness (QED) is 0.674. The number of sulfonamides is 1. The number of halogens is 1. The van der Waals surface area contributed by atoms with Crippen LogP contribution in [-0.4, -0.2) is 54.9 Å². The van der Waals surface area contributed by atoms with Crippen LogP contribution in [0.4, 0.5) is 5.95 Å². The Morgan fingerprint density at radius 2 is 1.93 bits per heavy atom. The van der Waals surface area contributed by atoms with Crippen LogP contribution in [-0.2, 0) is 14.8 Å². The lowest BCUT2D eigenvalue weighted by atomic mass is 10.2. The van der Waals surface area contributed by atoms with Gasteiger partial charge in [0, 0.05) is 18.7 Å². The first-order valence-electron chi connectivity index (χ1n) is 8.59. The Hall–Kier alpha value is -2.46. The molecule has 2 N–H and O–H groups in total. The van der Waals surface area contributed by atoms with Gasteiger partial charge in [-0.2, -0.15) is 4.31 Å². The number of nitrogens with one attached hydrogen (secondary N) is 2. The van der Waals surface area contributed by atoms with Gasteiger partial charge < -0.3 is 9.72 Å². The molecule has 1 fully saturated rings. The number of benzene rings is 2. The minimum atomic E-state index is -3.82. The summed E-state index contributed by atoms with van der Waals surface area (Å²) in [5.74, 6) is -0.215. The second-order valence-electron chi connectivity index (χ2n) is 6.22. The lowest BCUT2D eigenvalue weighted by molar-refractivity contribution is 0.0730. The zero-order chi connectivity index (χ0) is 19.7. The van der Waals surface area contributed by atoms with Crippen molar-refractivity contribution in [2.75, 3.05) is 31.6 Å². The fourth-order valence-corrected chi connectivity index (χ4v) is 4.87. The Kier molecular flexibility index (Phi) is 5.07. The summed E-state index contributed by atoms with van der Waals surface area (Å²) >= 11 is 6.13. The topological polar surface area (TPSA) is 104 Å². The largest absolute Gasteiger partial charge is 0.379 e. The van der Waals surface area contributed by atoms with Gasteiger partial charge in [-0.3, -0.25) is 10.1 Å². The number of aromatic amines is 1. The second-order valence-corrected chi connectivity index (χ2v) is 8.53. The molecule has 0 saturated carbocycles. The first-order valence-corrected chi connectivity index (χ1v) is 10.4. The van der Waals surface area contributed by atoms with Gasteiger partial charge in [-0.25, -0.2) is 13.4 Å². The summed E-state index contributed by atoms with van der Waals surface area (Å²) in [6.07, 6.45) is 0. The summed E-state index contributed by atoms with van der Waals surface area (Å²) in [5, 5.41) is 2.71. The molecule has 1 amide bonds. The van der Waals surface area contributed by atoms with Crippen molar-refractivity contribution >= 4 is 44.5 Å². The predicted octanol–water partition coefficient (Wildman–Crippen LogP) is 2.49. The number of fused-ring (bicyclic) bond motifs is 1. The van der Waals surface area contributed by atoms with Gasteiger partial charge in [-0.1, -0.05) is 23.7 Å². The van der Waals surface area contributed by atoms with Gasteiger partial charge >= 0.3 is 0 Å². The summed E-state index contributed by atoms with van der Waals surface area (Å²) in [4.78, 5) is 19.8. The summed E-state index contributed by atoms with van der Waals surface area (Å²) in [5.41, 5.74) is 1.66. The Morgan fingerprint density at radius 1 is 1.18 bits per heavy atom. The van der Waals surface area contributed by atoms with Gasteiger partial charge in [0.05, 0.1) is 29.3 Å². The maximum Gasteiger partial charge on any atom is 0.258 e. The number of imidazole rings is 1. The summed E-state index contributed by atoms with van der Waals surface area (Å²) in [6, 6.07) is 11.5. The predicted molar refractivity (Wildman–Crippen MR) is 105 cm³/mol. The van der Waals surface area contributed by atoms with Crippen LogP contribution in [0.25, 0.3) is 11.0 Å². The molecule has 3 aromatic rings. The number of nitrogens with zero attached hydrogens (tertiary/aromatic N) is 2. The standard InChI is InChI=1S/C18H17ClN4O4S/c19-13-6-5-12(11-16(13)28(25,26)23-7-9-27-10-8-23)17(24)22-18-20-14-3-1-2-4-15(14)21-18/h1-6,11H,7-10H2,(H2,20,21,22,24). The van der Waals surface area contributed by atoms with Crippen molar-refractivity contribution < 1.29 is 17.9 Å². The van der Waals surface area contributed by atoms with E-state index in [0.29, 0.717) is 18.7 Å². The van der Waals surface area contributed by atoms with Crippen LogP contribution in [0.15, 0.2) is 47.4 Å². The van der Waals surface area contributed by atoms with E-state index >= 15 is 0 Å². The van der Waals surface area contributed by atoms with Crippen molar-refractivity contribution in [3.05, 3.63) is 53.1 Å². The SMILES string of the molecule is O=C(Nc1nc2ccccc2[nH]1)c1ccc(Cl)c(S(=O)(=O)N2CCOCC2)c1. The monoisotopic (exact) mass is 420 g/mol. The molecule has 4 rings (SSSR count). The van der Waals surface area contributed by atoms with Crippen molar-refractivity contribution in [2.24, 2.45) is 0 Å². The lowest BCUT2D eigenvalue weighted by Gasteiger charge is -2.26. The molecule has 2 aromatic carbocycles. The third kappa shape index (κ3) is 3.61. The third-order valence-corrected chi connectivity index (χ3v) is 6.78. The molecule has 1 aliphatic rings. The number of amides is 1. The van der Waals surface area contributed by atoms with E-state index in [-0.39, 0.29) is 34.5 Å². The fourth-order valence-electron chi connectivity index (χ4n) is 2.96. The zero-order valence-corrected chi connectivity index (χ0v) is 16.3. The highest BCUT2D eigenvalue weighted by atomic mass is 35.5. The Balaban J connectivity index is 1.61. The highest BCUT2D eigenvalue weighted by Gasteiger charge is 2.29. The Labute approximate surface area is 166 Å². The molecule has 1 aliphatic heterocycles. The second kappa shape index (κ2) is 7.51. The van der Waals surface area contributed by atoms with Crippen LogP contribution in [0.3, 0.4) is 0 Å². The first kappa shape index (κ1) is 18.9. The number of carbonyl (C=O) groups is 1. The fraction of sp³-hybridized carbons (Fsp3) is 0.222. The van der Waals surface area contributed by atoms with Crippen molar-refractivity contribution in [1.82, 2.24) is 14.3 Å². The third-order valence-electron chi connectivity index (χ3n) is 4.40. The van der Waals surface area contributed by atoms with Crippen LogP contribution in [0.5, 0.6) is 0 Å². The molecule has 2 heterocycles. The molecule has 0 bridgehead atoms. The molecule has 1 aromatic heterocycles. The highest BCUT2D eigenvalue weighted by Crippen LogP contribution is 2.27. The molecule has 10 heteroatoms. The molecule has 0 aliphatic carbocycles. The van der Waals surface area contributed by atoms with Gasteiger partial charge in [0.15, 0.2) is 0 Å². The van der Waals surface area contributed by atoms with Crippen molar-refractivity contribution in [3.8, 4) is 0 Å². The van der Waals surface area contributed by atoms with E-state index in [0.717, 1.165) is 5.52 Å². The maximum absolute atomic E-state index is 12.9. The molecule has 8 nitrogen and oxygen atoms in total. The number of hydrogen-bond acceptors (Lipinski definition) is 5. The maximum atomic E-state index is 12.9. The Morgan fingerprint density at radius 3 is 2.68 bits per heavy atom. The molecule has 1 saturated heterocycles. The molecular weight excluding hydrogens is 404 g/mol. The minimum absolute atomic E-state index is 0.0618. The summed E-state index contributed by atoms with van der Waals surface area (Å²) in [6.45, 7) is 1.13. The van der Waals surface area contributed by atoms with Gasteiger partial charge in [-0.15, -0.1) is 0 Å². The number of hydrogen-bond donors (Lipinski definition) is 2. The number of rotatable bonds is 4. The smallest absolute Gasteiger partial charge is 0.258 e. The van der Waals surface area contributed by atoms with Gasteiger partial charge in [0.2, 0.25) is 16.0 Å². The normalized spacial score (nSPS) is 15.6. The number of para-hydroxylation sites is 2. The van der Waals surface area contributed by atoms with E-state index in [1.807, 2.05) is 24.3 Å². The number of anilines is 1. The van der Waals surface area contributed by atoms with E-state index in [2.05, 4.69) is 15.3 Å². The van der Waals surface area contributed by atoms with Crippen LogP contribution in [0, 0.1) is 0 Å². The van der Waals surface area contributed by atoms with Crippen molar-refractivity contribution in [1.29, 1.82) is 0 Å². The van der Waals surface area contributed by atoms with Crippen LogP contribution >= 0.6 is 11.6 Å². The number of ether oxygens (including phenoxy) is 1. The average molecular weight is 421 g/mol. The molecular formula is C18H17ClN4O4S. The molecule has 146 valence electrons. The minimum Gasteiger partial charge on any atom is -0.379 e. The van der Waals surface area contributed by atoms with Crippen LogP contribution in [0.2, 0.25) is 5.02 Å². The van der Waals surface area contributed by atoms with E-state index < -0.39 is 15.9 Å². The number of aromatic nitrogens is 2. The van der Waals surface area contributed by atoms with E-state index in [1.165, 1.54) is 22.5 Å². The lowest BCUT2D eigenvalue weighted by Crippen LogP contribution is -2.40. The number of carbonyl (C=O) groups excluding carboxylic acids is 1. The first-order chi connectivity index (χ1) is 13.4. The molecule has 0 spiro atoms. The summed E-state index contributed by atoms with van der Waals surface area (Å²) < 4.78 is 32.3. The van der Waals surface area contributed by atoms with Crippen molar-refractivity contribution in [3.63, 3.8) is 0 Å². The number of morpholine rings is 1. The van der Waals surface area contributed by atoms with E-state index in [9.17, 15) is 13.2 Å². The van der Waals surface area contributed by atoms with Crippen LogP contribution < -0.4 is 5.32 Å². The highest BCUT2D eigenvalue weighted by molar-refractivity contribution is 7.89. The van der Waals surface area contributed by atoms with Crippen LogP contribution in [0.1, 0.15) is 10.4 Å². The van der Waals surface area contributed by atoms with E-state index in [1.54, 1.807) is 0 Å². The molecule has 0 unspecified atom stereocenters. The van der Waals surface area contributed by atoms with Gasteiger partial charge in [-0.05, 0) is 30.3 Å². The van der Waals surface area contributed by atoms with Crippen molar-refractivity contribution in [2.45, 2.75) is 4.90 Å². The molecule has 28 heavy (non-hydrogen) atoms. The Bertz CT molecular complexity index is 1110. The molecule has 0 atom stereocenters. The average Bonchev–Trinajstić information content (AvgIpc) is 3.11. The zero-order valence-electron chi connectivity index (χ0n) is 14.7. The summed E-state index contributed by atoms with van der Waals surface area (Å²) in [7, 11) is -3.82. The number of H-pyrrole nitrogens is 1.